The van der Waals surface area contributed by atoms with Crippen LogP contribution in [0.5, 0.6) is 0 Å². The van der Waals surface area contributed by atoms with Crippen LogP contribution in [0.3, 0.4) is 0 Å². The summed E-state index contributed by atoms with van der Waals surface area (Å²) in [5.74, 6) is 0.641. The lowest BCUT2D eigenvalue weighted by Gasteiger charge is -2.08. The summed E-state index contributed by atoms with van der Waals surface area (Å²) in [6.07, 6.45) is 1.80. The van der Waals surface area contributed by atoms with E-state index >= 15 is 0 Å². The summed E-state index contributed by atoms with van der Waals surface area (Å²) >= 11 is 0. The molecule has 4 heteroatoms. The quantitative estimate of drug-likeness (QED) is 0.783. The van der Waals surface area contributed by atoms with E-state index in [-0.39, 0.29) is 11.6 Å². The molecule has 0 aliphatic heterocycles. The number of rotatable bonds is 4. The minimum atomic E-state index is -0.0985. The number of para-hydroxylation sites is 1. The lowest BCUT2D eigenvalue weighted by molar-refractivity contribution is 0.613. The van der Waals surface area contributed by atoms with Crippen LogP contribution in [0.4, 0.5) is 0 Å². The molecule has 1 heterocycles. The summed E-state index contributed by atoms with van der Waals surface area (Å²) in [4.78, 5) is 18.9. The largest absolute Gasteiger partial charge is 0.309 e. The summed E-state index contributed by atoms with van der Waals surface area (Å²) in [6, 6.07) is 7.50. The second-order valence-corrected chi connectivity index (χ2v) is 3.94. The molecular formula is C13H15N3O. The lowest BCUT2D eigenvalue weighted by atomic mass is 10.2. The fraction of sp³-hybridized carbons (Fsp3) is 0.231. The maximum Gasteiger partial charge on any atom is 0.258 e. The summed E-state index contributed by atoms with van der Waals surface area (Å²) in [7, 11) is 0. The first-order valence-electron chi connectivity index (χ1n) is 5.54. The fourth-order valence-corrected chi connectivity index (χ4v) is 1.56. The van der Waals surface area contributed by atoms with Crippen LogP contribution in [0.2, 0.25) is 0 Å². The highest BCUT2D eigenvalue weighted by Gasteiger charge is 2.03. The number of nitrogens with one attached hydrogen (secondary N) is 2. The monoisotopic (exact) mass is 229 g/mol. The normalized spacial score (nSPS) is 12.5. The van der Waals surface area contributed by atoms with Gasteiger partial charge in [-0.15, -0.1) is 6.58 Å². The van der Waals surface area contributed by atoms with E-state index in [1.165, 1.54) is 0 Å². The third-order valence-corrected chi connectivity index (χ3v) is 2.61. The molecule has 0 spiro atoms. The average molecular weight is 229 g/mol. The Morgan fingerprint density at radius 2 is 2.29 bits per heavy atom. The van der Waals surface area contributed by atoms with E-state index in [1.807, 2.05) is 25.1 Å². The van der Waals surface area contributed by atoms with Gasteiger partial charge in [-0.05, 0) is 19.1 Å². The van der Waals surface area contributed by atoms with Gasteiger partial charge >= 0.3 is 0 Å². The number of hydrogen-bond acceptors (Lipinski definition) is 3. The minimum absolute atomic E-state index is 0.0985. The Kier molecular flexibility index (Phi) is 3.35. The van der Waals surface area contributed by atoms with Gasteiger partial charge in [-0.3, -0.25) is 4.79 Å². The van der Waals surface area contributed by atoms with Gasteiger partial charge in [0.05, 0.1) is 17.4 Å². The Hall–Kier alpha value is -1.94. The Labute approximate surface area is 99.4 Å². The van der Waals surface area contributed by atoms with E-state index in [4.69, 9.17) is 0 Å². The number of aromatic nitrogens is 2. The molecule has 0 aliphatic carbocycles. The van der Waals surface area contributed by atoms with Crippen molar-refractivity contribution in [2.75, 3.05) is 0 Å². The Bertz CT molecular complexity index is 588. The zero-order chi connectivity index (χ0) is 12.3. The highest BCUT2D eigenvalue weighted by Crippen LogP contribution is 2.05. The molecule has 0 saturated carbocycles. The first-order valence-corrected chi connectivity index (χ1v) is 5.54. The summed E-state index contributed by atoms with van der Waals surface area (Å²) in [5, 5.41) is 3.81. The number of benzene rings is 1. The van der Waals surface area contributed by atoms with Crippen LogP contribution in [-0.4, -0.2) is 16.0 Å². The Morgan fingerprint density at radius 3 is 3.06 bits per heavy atom. The van der Waals surface area contributed by atoms with Gasteiger partial charge < -0.3 is 10.3 Å². The molecule has 0 amide bonds. The van der Waals surface area contributed by atoms with Crippen LogP contribution in [0, 0.1) is 0 Å². The van der Waals surface area contributed by atoms with Crippen molar-refractivity contribution in [3.05, 3.63) is 53.1 Å². The minimum Gasteiger partial charge on any atom is -0.309 e. The predicted molar refractivity (Wildman–Crippen MR) is 68.9 cm³/mol. The zero-order valence-electron chi connectivity index (χ0n) is 9.73. The van der Waals surface area contributed by atoms with Gasteiger partial charge in [-0.2, -0.15) is 0 Å². The van der Waals surface area contributed by atoms with Gasteiger partial charge in [-0.25, -0.2) is 4.98 Å². The smallest absolute Gasteiger partial charge is 0.258 e. The fourth-order valence-electron chi connectivity index (χ4n) is 1.56. The van der Waals surface area contributed by atoms with Crippen molar-refractivity contribution in [3.63, 3.8) is 0 Å². The van der Waals surface area contributed by atoms with Gasteiger partial charge in [0.15, 0.2) is 0 Å². The second kappa shape index (κ2) is 4.93. The van der Waals surface area contributed by atoms with Crippen LogP contribution >= 0.6 is 0 Å². The third kappa shape index (κ3) is 2.60. The Morgan fingerprint density at radius 1 is 1.53 bits per heavy atom. The molecule has 1 atom stereocenters. The number of aromatic amines is 1. The van der Waals surface area contributed by atoms with Crippen LogP contribution in [0.1, 0.15) is 12.7 Å². The van der Waals surface area contributed by atoms with E-state index in [1.54, 1.807) is 12.1 Å². The summed E-state index contributed by atoms with van der Waals surface area (Å²) in [5.41, 5.74) is 0.623. The average Bonchev–Trinajstić information content (AvgIpc) is 2.36. The van der Waals surface area contributed by atoms with Crippen molar-refractivity contribution in [2.24, 2.45) is 0 Å². The first kappa shape index (κ1) is 11.5. The molecule has 2 N–H and O–H groups in total. The molecule has 2 aromatic rings. The van der Waals surface area contributed by atoms with Gasteiger partial charge in [0.1, 0.15) is 5.82 Å². The molecule has 2 rings (SSSR count). The van der Waals surface area contributed by atoms with Crippen LogP contribution in [0.25, 0.3) is 10.9 Å². The highest BCUT2D eigenvalue weighted by molar-refractivity contribution is 5.77. The van der Waals surface area contributed by atoms with Crippen molar-refractivity contribution in [1.82, 2.24) is 15.3 Å². The zero-order valence-corrected chi connectivity index (χ0v) is 9.73. The molecule has 1 aromatic heterocycles. The second-order valence-electron chi connectivity index (χ2n) is 3.94. The van der Waals surface area contributed by atoms with Gasteiger partial charge in [-0.1, -0.05) is 18.2 Å². The molecule has 4 nitrogen and oxygen atoms in total. The number of fused-ring (bicyclic) bond motifs is 1. The molecule has 0 fully saturated rings. The lowest BCUT2D eigenvalue weighted by Crippen LogP contribution is -2.25. The maximum atomic E-state index is 11.8. The van der Waals surface area contributed by atoms with Crippen molar-refractivity contribution in [3.8, 4) is 0 Å². The van der Waals surface area contributed by atoms with Crippen LogP contribution < -0.4 is 10.9 Å². The maximum absolute atomic E-state index is 11.8. The standard InChI is InChI=1S/C13H15N3O/c1-3-9(2)14-8-12-15-11-7-5-4-6-10(11)13(17)16-12/h3-7,9,14H,1,8H2,2H3,(H,15,16,17). The number of nitrogens with zero attached hydrogens (tertiary/aromatic N) is 1. The van der Waals surface area contributed by atoms with Gasteiger partial charge in [0.25, 0.3) is 5.56 Å². The SMILES string of the molecule is C=CC(C)NCc1nc2ccccc2c(=O)[nH]1. The number of H-pyrrole nitrogens is 1. The van der Waals surface area contributed by atoms with Crippen molar-refractivity contribution < 1.29 is 0 Å². The number of hydrogen-bond donors (Lipinski definition) is 2. The van der Waals surface area contributed by atoms with E-state index in [9.17, 15) is 4.79 Å². The van der Waals surface area contributed by atoms with Crippen LogP contribution in [-0.2, 0) is 6.54 Å². The van der Waals surface area contributed by atoms with Crippen molar-refractivity contribution in [1.29, 1.82) is 0 Å². The van der Waals surface area contributed by atoms with E-state index in [0.29, 0.717) is 17.8 Å². The van der Waals surface area contributed by atoms with E-state index < -0.39 is 0 Å². The topological polar surface area (TPSA) is 57.8 Å². The molecule has 1 unspecified atom stereocenters. The molecule has 0 aliphatic rings. The molecule has 17 heavy (non-hydrogen) atoms. The summed E-state index contributed by atoms with van der Waals surface area (Å²) in [6.45, 7) is 6.20. The van der Waals surface area contributed by atoms with E-state index in [0.717, 1.165) is 5.52 Å². The van der Waals surface area contributed by atoms with Gasteiger partial charge in [0.2, 0.25) is 0 Å². The molecule has 1 aromatic carbocycles. The molecule has 0 radical (unpaired) electrons. The molecule has 0 saturated heterocycles. The molecular weight excluding hydrogens is 214 g/mol. The summed E-state index contributed by atoms with van der Waals surface area (Å²) < 4.78 is 0. The highest BCUT2D eigenvalue weighted by atomic mass is 16.1. The van der Waals surface area contributed by atoms with Crippen LogP contribution in [0.15, 0.2) is 41.7 Å². The van der Waals surface area contributed by atoms with E-state index in [2.05, 4.69) is 21.9 Å². The van der Waals surface area contributed by atoms with Crippen molar-refractivity contribution >= 4 is 10.9 Å². The molecule has 88 valence electrons. The first-order chi connectivity index (χ1) is 8.20. The molecule has 0 bridgehead atoms. The predicted octanol–water partition coefficient (Wildman–Crippen LogP) is 1.59. The van der Waals surface area contributed by atoms with Crippen molar-refractivity contribution in [2.45, 2.75) is 19.5 Å². The van der Waals surface area contributed by atoms with Gasteiger partial charge in [0, 0.05) is 6.04 Å². The Balaban J connectivity index is 2.30. The third-order valence-electron chi connectivity index (χ3n) is 2.61.